The molecule has 158 valence electrons. The molecule has 2 aromatic carbocycles. The van der Waals surface area contributed by atoms with E-state index in [2.05, 4.69) is 10.6 Å². The van der Waals surface area contributed by atoms with E-state index >= 15 is 0 Å². The molecule has 30 heavy (non-hydrogen) atoms. The minimum atomic E-state index is -0.349. The first kappa shape index (κ1) is 20.1. The molecular formula is C23H27N3O4. The summed E-state index contributed by atoms with van der Waals surface area (Å²) in [5, 5.41) is 5.65. The first-order valence-electron chi connectivity index (χ1n) is 10.4. The van der Waals surface area contributed by atoms with Gasteiger partial charge in [-0.3, -0.25) is 4.79 Å². The second-order valence-corrected chi connectivity index (χ2v) is 7.74. The number of urea groups is 1. The minimum absolute atomic E-state index is 0.0309. The van der Waals surface area contributed by atoms with Crippen LogP contribution in [0.25, 0.3) is 0 Å². The van der Waals surface area contributed by atoms with E-state index in [4.69, 9.17) is 9.47 Å². The number of fused-ring (bicyclic) bond motifs is 1. The van der Waals surface area contributed by atoms with Gasteiger partial charge in [-0.25, -0.2) is 4.79 Å². The van der Waals surface area contributed by atoms with Crippen LogP contribution in [0.15, 0.2) is 42.5 Å². The predicted molar refractivity (Wildman–Crippen MR) is 115 cm³/mol. The standard InChI is InChI=1S/C23H27N3O4/c1-29-20-9-5-6-17(13-20)24-23(28)25-18-10-11-21-16(12-18)14-26(22(27)15-30-21)19-7-3-2-4-8-19/h5-6,9-13,19H,2-4,7-8,14-15H2,1H3,(H2,24,25,28). The molecule has 7 nitrogen and oxygen atoms in total. The number of methoxy groups -OCH3 is 1. The Balaban J connectivity index is 1.46. The van der Waals surface area contributed by atoms with E-state index in [0.29, 0.717) is 29.4 Å². The van der Waals surface area contributed by atoms with Crippen LogP contribution in [0, 0.1) is 0 Å². The van der Waals surface area contributed by atoms with Crippen molar-refractivity contribution in [3.63, 3.8) is 0 Å². The van der Waals surface area contributed by atoms with Crippen LogP contribution in [-0.2, 0) is 11.3 Å². The number of amides is 3. The molecule has 7 heteroatoms. The van der Waals surface area contributed by atoms with Crippen LogP contribution < -0.4 is 20.1 Å². The molecule has 4 rings (SSSR count). The van der Waals surface area contributed by atoms with Gasteiger partial charge in [-0.1, -0.05) is 25.3 Å². The van der Waals surface area contributed by atoms with Crippen LogP contribution in [0.5, 0.6) is 11.5 Å². The molecular weight excluding hydrogens is 382 g/mol. The van der Waals surface area contributed by atoms with Gasteiger partial charge in [0.2, 0.25) is 0 Å². The number of anilines is 2. The van der Waals surface area contributed by atoms with Crippen molar-refractivity contribution in [1.82, 2.24) is 4.90 Å². The zero-order chi connectivity index (χ0) is 20.9. The molecule has 1 heterocycles. The first-order chi connectivity index (χ1) is 14.6. The van der Waals surface area contributed by atoms with E-state index in [0.717, 1.165) is 31.2 Å². The number of nitrogens with zero attached hydrogens (tertiary/aromatic N) is 1. The molecule has 0 spiro atoms. The first-order valence-corrected chi connectivity index (χ1v) is 10.4. The predicted octanol–water partition coefficient (Wildman–Crippen LogP) is 4.39. The highest BCUT2D eigenvalue weighted by atomic mass is 16.5. The van der Waals surface area contributed by atoms with Gasteiger partial charge in [0.15, 0.2) is 6.61 Å². The third-order valence-electron chi connectivity index (χ3n) is 5.67. The number of hydrogen-bond acceptors (Lipinski definition) is 4. The van der Waals surface area contributed by atoms with Gasteiger partial charge in [0, 0.05) is 35.6 Å². The molecule has 0 radical (unpaired) electrons. The Bertz CT molecular complexity index is 924. The molecule has 1 fully saturated rings. The highest BCUT2D eigenvalue weighted by molar-refractivity contribution is 6.00. The highest BCUT2D eigenvalue weighted by Gasteiger charge is 2.29. The van der Waals surface area contributed by atoms with Crippen LogP contribution in [0.1, 0.15) is 37.7 Å². The van der Waals surface area contributed by atoms with E-state index < -0.39 is 0 Å². The summed E-state index contributed by atoms with van der Waals surface area (Å²) >= 11 is 0. The molecule has 1 aliphatic heterocycles. The summed E-state index contributed by atoms with van der Waals surface area (Å²) in [5.74, 6) is 1.39. The van der Waals surface area contributed by atoms with Gasteiger partial charge < -0.3 is 25.0 Å². The minimum Gasteiger partial charge on any atom is -0.497 e. The van der Waals surface area contributed by atoms with Crippen LogP contribution in [-0.4, -0.2) is 36.6 Å². The average molecular weight is 409 g/mol. The molecule has 0 unspecified atom stereocenters. The largest absolute Gasteiger partial charge is 0.497 e. The Morgan fingerprint density at radius 2 is 1.83 bits per heavy atom. The van der Waals surface area contributed by atoms with Gasteiger partial charge in [-0.05, 0) is 43.2 Å². The fourth-order valence-electron chi connectivity index (χ4n) is 4.14. The lowest BCUT2D eigenvalue weighted by Crippen LogP contribution is -2.42. The van der Waals surface area contributed by atoms with Crippen molar-refractivity contribution < 1.29 is 19.1 Å². The molecule has 0 atom stereocenters. The zero-order valence-corrected chi connectivity index (χ0v) is 17.1. The topological polar surface area (TPSA) is 79.9 Å². The third kappa shape index (κ3) is 4.67. The smallest absolute Gasteiger partial charge is 0.323 e. The molecule has 2 aliphatic rings. The van der Waals surface area contributed by atoms with Crippen molar-refractivity contribution in [2.24, 2.45) is 0 Å². The van der Waals surface area contributed by atoms with Crippen LogP contribution in [0.3, 0.4) is 0 Å². The number of rotatable bonds is 4. The van der Waals surface area contributed by atoms with Crippen molar-refractivity contribution in [2.45, 2.75) is 44.7 Å². The molecule has 1 aliphatic carbocycles. The van der Waals surface area contributed by atoms with E-state index in [1.54, 1.807) is 25.3 Å². The van der Waals surface area contributed by atoms with E-state index in [1.165, 1.54) is 6.42 Å². The number of hydrogen-bond donors (Lipinski definition) is 2. The Hall–Kier alpha value is -3.22. The Morgan fingerprint density at radius 1 is 1.07 bits per heavy atom. The number of ether oxygens (including phenoxy) is 2. The molecule has 0 bridgehead atoms. The van der Waals surface area contributed by atoms with Crippen LogP contribution in [0.4, 0.5) is 16.2 Å². The number of benzene rings is 2. The number of carbonyl (C=O) groups excluding carboxylic acids is 2. The van der Waals surface area contributed by atoms with Crippen LogP contribution in [0.2, 0.25) is 0 Å². The van der Waals surface area contributed by atoms with Crippen molar-refractivity contribution >= 4 is 23.3 Å². The van der Waals surface area contributed by atoms with Crippen molar-refractivity contribution in [3.05, 3.63) is 48.0 Å². The average Bonchev–Trinajstić information content (AvgIpc) is 2.93. The van der Waals surface area contributed by atoms with Gasteiger partial charge >= 0.3 is 6.03 Å². The summed E-state index contributed by atoms with van der Waals surface area (Å²) in [4.78, 5) is 27.0. The zero-order valence-electron chi connectivity index (χ0n) is 17.1. The van der Waals surface area contributed by atoms with Gasteiger partial charge in [-0.15, -0.1) is 0 Å². The molecule has 2 aromatic rings. The summed E-state index contributed by atoms with van der Waals surface area (Å²) in [5.41, 5.74) is 2.19. The lowest BCUT2D eigenvalue weighted by atomic mass is 9.93. The van der Waals surface area contributed by atoms with E-state index in [-0.39, 0.29) is 24.6 Å². The Labute approximate surface area is 176 Å². The second kappa shape index (κ2) is 9.07. The Morgan fingerprint density at radius 3 is 2.60 bits per heavy atom. The third-order valence-corrected chi connectivity index (χ3v) is 5.67. The van der Waals surface area contributed by atoms with Gasteiger partial charge in [0.1, 0.15) is 11.5 Å². The lowest BCUT2D eigenvalue weighted by molar-refractivity contribution is -0.136. The van der Waals surface area contributed by atoms with E-state index in [9.17, 15) is 9.59 Å². The highest BCUT2D eigenvalue weighted by Crippen LogP contribution is 2.31. The quantitative estimate of drug-likeness (QED) is 0.785. The van der Waals surface area contributed by atoms with E-state index in [1.807, 2.05) is 29.2 Å². The summed E-state index contributed by atoms with van der Waals surface area (Å²) in [6, 6.07) is 12.6. The second-order valence-electron chi connectivity index (χ2n) is 7.74. The molecule has 2 N–H and O–H groups in total. The Kier molecular flexibility index (Phi) is 6.07. The molecule has 0 aromatic heterocycles. The summed E-state index contributed by atoms with van der Waals surface area (Å²) in [6.07, 6.45) is 5.65. The maximum atomic E-state index is 12.6. The summed E-state index contributed by atoms with van der Waals surface area (Å²) in [7, 11) is 1.58. The monoisotopic (exact) mass is 409 g/mol. The SMILES string of the molecule is COc1cccc(NC(=O)Nc2ccc3c(c2)CN(C2CCCCC2)C(=O)CO3)c1. The maximum Gasteiger partial charge on any atom is 0.323 e. The van der Waals surface area contributed by atoms with Gasteiger partial charge in [-0.2, -0.15) is 0 Å². The fourth-order valence-corrected chi connectivity index (χ4v) is 4.14. The van der Waals surface area contributed by atoms with Crippen molar-refractivity contribution in [2.75, 3.05) is 24.4 Å². The van der Waals surface area contributed by atoms with Crippen molar-refractivity contribution in [3.8, 4) is 11.5 Å². The number of nitrogens with one attached hydrogen (secondary N) is 2. The lowest BCUT2D eigenvalue weighted by Gasteiger charge is -2.33. The summed E-state index contributed by atoms with van der Waals surface area (Å²) in [6.45, 7) is 0.568. The molecule has 0 saturated heterocycles. The fraction of sp³-hybridized carbons (Fsp3) is 0.391. The van der Waals surface area contributed by atoms with Gasteiger partial charge in [0.25, 0.3) is 5.91 Å². The molecule has 1 saturated carbocycles. The summed E-state index contributed by atoms with van der Waals surface area (Å²) < 4.78 is 10.9. The normalized spacial score (nSPS) is 16.8. The van der Waals surface area contributed by atoms with Gasteiger partial charge in [0.05, 0.1) is 7.11 Å². The van der Waals surface area contributed by atoms with Crippen LogP contribution >= 0.6 is 0 Å². The molecule has 3 amide bonds. The maximum absolute atomic E-state index is 12.6. The number of carbonyl (C=O) groups is 2. The van der Waals surface area contributed by atoms with Crippen molar-refractivity contribution in [1.29, 1.82) is 0 Å².